The lowest BCUT2D eigenvalue weighted by Crippen LogP contribution is -2.08. The van der Waals surface area contributed by atoms with Crippen molar-refractivity contribution in [1.82, 2.24) is 0 Å². The third-order valence-electron chi connectivity index (χ3n) is 1.86. The minimum Gasteiger partial charge on any atom is -0.397 e. The Hall–Kier alpha value is -1.60. The van der Waals surface area contributed by atoms with Gasteiger partial charge in [-0.25, -0.2) is 0 Å². The summed E-state index contributed by atoms with van der Waals surface area (Å²) in [6, 6.07) is 2.25. The van der Waals surface area contributed by atoms with E-state index in [0.29, 0.717) is 0 Å². The Labute approximate surface area is 86.6 Å². The Kier molecular flexibility index (Phi) is 2.69. The third-order valence-corrected chi connectivity index (χ3v) is 2.75. The fraction of sp³-hybridized carbons (Fsp3) is 0.125. The van der Waals surface area contributed by atoms with Crippen LogP contribution in [0.3, 0.4) is 0 Å². The number of Topliss-reactive ketones (excluding diaryl/α,β-unsaturated/α-hetero) is 1. The van der Waals surface area contributed by atoms with Crippen molar-refractivity contribution in [3.63, 3.8) is 0 Å². The van der Waals surface area contributed by atoms with Crippen LogP contribution in [0, 0.1) is 0 Å². The molecule has 7 heteroatoms. The van der Waals surface area contributed by atoms with E-state index in [9.17, 15) is 13.2 Å². The van der Waals surface area contributed by atoms with Gasteiger partial charge in [0.1, 0.15) is 4.90 Å². The first-order valence-corrected chi connectivity index (χ1v) is 5.35. The van der Waals surface area contributed by atoms with E-state index >= 15 is 0 Å². The van der Waals surface area contributed by atoms with Gasteiger partial charge < -0.3 is 11.5 Å². The lowest BCUT2D eigenvalue weighted by molar-refractivity contribution is 0.101. The number of nitrogen functional groups attached to an aromatic ring is 2. The molecule has 82 valence electrons. The summed E-state index contributed by atoms with van der Waals surface area (Å²) in [7, 11) is -4.47. The number of hydrogen-bond acceptors (Lipinski definition) is 5. The first-order valence-electron chi connectivity index (χ1n) is 3.91. The second kappa shape index (κ2) is 3.52. The molecular weight excluding hydrogens is 220 g/mol. The smallest absolute Gasteiger partial charge is 0.296 e. The fourth-order valence-corrected chi connectivity index (χ4v) is 1.74. The van der Waals surface area contributed by atoms with E-state index in [4.69, 9.17) is 16.0 Å². The lowest BCUT2D eigenvalue weighted by Gasteiger charge is -2.07. The topological polar surface area (TPSA) is 123 Å². The fourth-order valence-electron chi connectivity index (χ4n) is 1.06. The number of benzene rings is 1. The summed E-state index contributed by atoms with van der Waals surface area (Å²) < 4.78 is 30.6. The van der Waals surface area contributed by atoms with E-state index < -0.39 is 15.0 Å². The molecule has 6 nitrogen and oxygen atoms in total. The van der Waals surface area contributed by atoms with Crippen LogP contribution in [0.4, 0.5) is 11.4 Å². The molecule has 1 aromatic carbocycles. The van der Waals surface area contributed by atoms with Crippen molar-refractivity contribution in [3.05, 3.63) is 17.7 Å². The molecule has 0 saturated heterocycles. The molecule has 0 aliphatic heterocycles. The molecule has 0 saturated carbocycles. The first-order chi connectivity index (χ1) is 6.73. The monoisotopic (exact) mass is 230 g/mol. The Morgan fingerprint density at radius 1 is 1.33 bits per heavy atom. The van der Waals surface area contributed by atoms with Gasteiger partial charge >= 0.3 is 0 Å². The second-order valence-electron chi connectivity index (χ2n) is 3.01. The maximum atomic E-state index is 11.0. The number of anilines is 2. The molecule has 15 heavy (non-hydrogen) atoms. The van der Waals surface area contributed by atoms with Gasteiger partial charge in [0.15, 0.2) is 5.78 Å². The standard InChI is InChI=1S/C8H10N2O4S/c1-4(11)5-2-6(9)8(10)7(3-5)15(12,13)14/h2-3H,9-10H2,1H3,(H,12,13,14). The molecule has 0 fully saturated rings. The average molecular weight is 230 g/mol. The molecule has 0 unspecified atom stereocenters. The van der Waals surface area contributed by atoms with Crippen molar-refractivity contribution in [2.24, 2.45) is 0 Å². The maximum Gasteiger partial charge on any atom is 0.296 e. The van der Waals surface area contributed by atoms with Gasteiger partial charge in [-0.05, 0) is 19.1 Å². The summed E-state index contributed by atoms with van der Waals surface area (Å²) in [5, 5.41) is 0. The van der Waals surface area contributed by atoms with E-state index in [0.717, 1.165) is 6.07 Å². The summed E-state index contributed by atoms with van der Waals surface area (Å²) in [6.45, 7) is 1.25. The molecule has 1 aromatic rings. The van der Waals surface area contributed by atoms with Crippen LogP contribution in [0.15, 0.2) is 17.0 Å². The summed E-state index contributed by atoms with van der Waals surface area (Å²) >= 11 is 0. The minimum absolute atomic E-state index is 0.0599. The SMILES string of the molecule is CC(=O)c1cc(N)c(N)c(S(=O)(=O)O)c1. The molecule has 0 bridgehead atoms. The van der Waals surface area contributed by atoms with Crippen molar-refractivity contribution in [2.75, 3.05) is 11.5 Å². The van der Waals surface area contributed by atoms with Crippen molar-refractivity contribution in [3.8, 4) is 0 Å². The van der Waals surface area contributed by atoms with Crippen LogP contribution in [0.5, 0.6) is 0 Å². The zero-order chi connectivity index (χ0) is 11.8. The van der Waals surface area contributed by atoms with E-state index in [2.05, 4.69) is 0 Å². The highest BCUT2D eigenvalue weighted by Crippen LogP contribution is 2.26. The predicted molar refractivity (Wildman–Crippen MR) is 55.1 cm³/mol. The number of hydrogen-bond donors (Lipinski definition) is 3. The Morgan fingerprint density at radius 3 is 2.27 bits per heavy atom. The lowest BCUT2D eigenvalue weighted by atomic mass is 10.1. The van der Waals surface area contributed by atoms with Crippen LogP contribution in [0.1, 0.15) is 17.3 Å². The van der Waals surface area contributed by atoms with Crippen molar-refractivity contribution >= 4 is 27.3 Å². The summed E-state index contributed by atoms with van der Waals surface area (Å²) in [6.07, 6.45) is 0. The molecule has 0 atom stereocenters. The molecule has 1 rings (SSSR count). The van der Waals surface area contributed by atoms with Gasteiger partial charge in [0, 0.05) is 5.56 Å². The van der Waals surface area contributed by atoms with Crippen molar-refractivity contribution in [1.29, 1.82) is 0 Å². The van der Waals surface area contributed by atoms with Gasteiger partial charge in [0.2, 0.25) is 0 Å². The van der Waals surface area contributed by atoms with E-state index in [1.165, 1.54) is 13.0 Å². The summed E-state index contributed by atoms with van der Waals surface area (Å²) in [5.41, 5.74) is 10.5. The molecule has 0 aromatic heterocycles. The quantitative estimate of drug-likeness (QED) is 0.381. The largest absolute Gasteiger partial charge is 0.397 e. The maximum absolute atomic E-state index is 11.0. The third kappa shape index (κ3) is 2.25. The van der Waals surface area contributed by atoms with Crippen LogP contribution >= 0.6 is 0 Å². The zero-order valence-electron chi connectivity index (χ0n) is 7.89. The van der Waals surface area contributed by atoms with E-state index in [1.54, 1.807) is 0 Å². The number of rotatable bonds is 2. The van der Waals surface area contributed by atoms with Gasteiger partial charge in [-0.3, -0.25) is 9.35 Å². The first kappa shape index (κ1) is 11.5. The molecule has 0 aliphatic carbocycles. The summed E-state index contributed by atoms with van der Waals surface area (Å²) in [5.74, 6) is -0.369. The molecular formula is C8H10N2O4S. The van der Waals surface area contributed by atoms with Crippen molar-refractivity contribution in [2.45, 2.75) is 11.8 Å². The highest BCUT2D eigenvalue weighted by atomic mass is 32.2. The molecule has 0 radical (unpaired) electrons. The number of nitrogens with two attached hydrogens (primary N) is 2. The molecule has 0 amide bonds. The predicted octanol–water partition coefficient (Wildman–Crippen LogP) is 0.300. The van der Waals surface area contributed by atoms with Gasteiger partial charge in [0.05, 0.1) is 11.4 Å². The van der Waals surface area contributed by atoms with Gasteiger partial charge in [-0.1, -0.05) is 0 Å². The molecule has 0 heterocycles. The van der Waals surface area contributed by atoms with Crippen LogP contribution in [0.2, 0.25) is 0 Å². The van der Waals surface area contributed by atoms with Crippen LogP contribution in [-0.4, -0.2) is 18.8 Å². The minimum atomic E-state index is -4.47. The second-order valence-corrected chi connectivity index (χ2v) is 4.40. The highest BCUT2D eigenvalue weighted by molar-refractivity contribution is 7.86. The zero-order valence-corrected chi connectivity index (χ0v) is 8.71. The van der Waals surface area contributed by atoms with E-state index in [-0.39, 0.29) is 22.7 Å². The van der Waals surface area contributed by atoms with Crippen molar-refractivity contribution < 1.29 is 17.8 Å². The normalized spacial score (nSPS) is 11.3. The highest BCUT2D eigenvalue weighted by Gasteiger charge is 2.18. The molecule has 0 aliphatic rings. The number of carbonyl (C=O) groups excluding carboxylic acids is 1. The Bertz CT molecular complexity index is 522. The Morgan fingerprint density at radius 2 is 1.87 bits per heavy atom. The number of ketones is 1. The van der Waals surface area contributed by atoms with E-state index in [1.807, 2.05) is 0 Å². The number of carbonyl (C=O) groups is 1. The molecule has 5 N–H and O–H groups in total. The van der Waals surface area contributed by atoms with Crippen LogP contribution in [0.25, 0.3) is 0 Å². The summed E-state index contributed by atoms with van der Waals surface area (Å²) in [4.78, 5) is 10.5. The van der Waals surface area contributed by atoms with Gasteiger partial charge in [-0.15, -0.1) is 0 Å². The molecule has 0 spiro atoms. The van der Waals surface area contributed by atoms with Crippen LogP contribution in [-0.2, 0) is 10.1 Å². The Balaban J connectivity index is 3.59. The van der Waals surface area contributed by atoms with Crippen LogP contribution < -0.4 is 11.5 Å². The average Bonchev–Trinajstić information content (AvgIpc) is 2.06. The van der Waals surface area contributed by atoms with Gasteiger partial charge in [0.25, 0.3) is 10.1 Å². The van der Waals surface area contributed by atoms with Gasteiger partial charge in [-0.2, -0.15) is 8.42 Å².